The molecule has 0 spiro atoms. The number of nitriles is 1. The Hall–Kier alpha value is -3.00. The summed E-state index contributed by atoms with van der Waals surface area (Å²) in [6.45, 7) is 0. The van der Waals surface area contributed by atoms with Gasteiger partial charge >= 0.3 is 0 Å². The van der Waals surface area contributed by atoms with E-state index >= 15 is 0 Å². The van der Waals surface area contributed by atoms with E-state index in [0.717, 1.165) is 0 Å². The number of ketones is 1. The summed E-state index contributed by atoms with van der Waals surface area (Å²) in [5.74, 6) is -1.89. The lowest BCUT2D eigenvalue weighted by molar-refractivity contribution is 0.0972. The number of Topliss-reactive ketones (excluding diaryl/α,β-unsaturated/α-hetero) is 1. The Bertz CT molecular complexity index is 673. The number of amides is 1. The lowest BCUT2D eigenvalue weighted by atomic mass is 9.95. The second-order valence-electron chi connectivity index (χ2n) is 4.12. The normalized spacial score (nSPS) is 11.3. The summed E-state index contributed by atoms with van der Waals surface area (Å²) in [4.78, 5) is 27.3. The Balaban J connectivity index is 2.30. The highest BCUT2D eigenvalue weighted by molar-refractivity contribution is 6.03. The van der Waals surface area contributed by atoms with Crippen LogP contribution in [0.1, 0.15) is 32.3 Å². The van der Waals surface area contributed by atoms with Crippen molar-refractivity contribution in [1.82, 2.24) is 4.98 Å². The quantitative estimate of drug-likeness (QED) is 0.850. The lowest BCUT2D eigenvalue weighted by Gasteiger charge is -2.07. The molecule has 2 N–H and O–H groups in total. The molecule has 0 unspecified atom stereocenters. The predicted molar refractivity (Wildman–Crippen MR) is 71.9 cm³/mol. The number of nitrogens with zero attached hydrogens (tertiary/aromatic N) is 2. The van der Waals surface area contributed by atoms with Crippen LogP contribution in [0.5, 0.6) is 0 Å². The van der Waals surface area contributed by atoms with Crippen molar-refractivity contribution >= 4 is 11.7 Å². The highest BCUT2D eigenvalue weighted by Crippen LogP contribution is 2.18. The van der Waals surface area contributed by atoms with E-state index in [1.165, 1.54) is 30.5 Å². The Morgan fingerprint density at radius 3 is 2.25 bits per heavy atom. The van der Waals surface area contributed by atoms with Gasteiger partial charge in [0, 0.05) is 17.3 Å². The molecule has 0 saturated heterocycles. The van der Waals surface area contributed by atoms with Gasteiger partial charge < -0.3 is 5.73 Å². The van der Waals surface area contributed by atoms with Gasteiger partial charge in [0.1, 0.15) is 0 Å². The fraction of sp³-hybridized carbons (Fsp3) is 0.0667. The third-order valence-corrected chi connectivity index (χ3v) is 2.83. The predicted octanol–water partition coefficient (Wildman–Crippen LogP) is 1.67. The van der Waals surface area contributed by atoms with Crippen molar-refractivity contribution in [1.29, 1.82) is 5.26 Å². The molecule has 0 aliphatic heterocycles. The summed E-state index contributed by atoms with van der Waals surface area (Å²) >= 11 is 0. The highest BCUT2D eigenvalue weighted by atomic mass is 16.1. The van der Waals surface area contributed by atoms with E-state index in [0.29, 0.717) is 16.8 Å². The average Bonchev–Trinajstić information content (AvgIpc) is 2.49. The van der Waals surface area contributed by atoms with Crippen molar-refractivity contribution in [3.63, 3.8) is 0 Å². The average molecular weight is 265 g/mol. The van der Waals surface area contributed by atoms with E-state index in [1.54, 1.807) is 18.2 Å². The molecule has 1 aromatic heterocycles. The van der Waals surface area contributed by atoms with Crippen molar-refractivity contribution in [2.24, 2.45) is 5.73 Å². The van der Waals surface area contributed by atoms with Crippen LogP contribution in [-0.4, -0.2) is 16.7 Å². The lowest BCUT2D eigenvalue weighted by Crippen LogP contribution is -2.14. The third-order valence-electron chi connectivity index (χ3n) is 2.83. The topological polar surface area (TPSA) is 96.8 Å². The van der Waals surface area contributed by atoms with Gasteiger partial charge in [-0.15, -0.1) is 0 Å². The number of primary amides is 1. The van der Waals surface area contributed by atoms with E-state index in [9.17, 15) is 9.59 Å². The SMILES string of the molecule is N#C[C@@H](C(=O)c1ccc(C(N)=O)cc1)c1ccccn1. The molecule has 1 heterocycles. The zero-order chi connectivity index (χ0) is 14.5. The largest absolute Gasteiger partial charge is 0.366 e. The van der Waals surface area contributed by atoms with Crippen LogP contribution in [0.4, 0.5) is 0 Å². The van der Waals surface area contributed by atoms with Crippen molar-refractivity contribution < 1.29 is 9.59 Å². The first kappa shape index (κ1) is 13.4. The van der Waals surface area contributed by atoms with Crippen LogP contribution in [0.3, 0.4) is 0 Å². The van der Waals surface area contributed by atoms with Gasteiger partial charge in [0.2, 0.25) is 5.91 Å². The number of hydrogen-bond donors (Lipinski definition) is 1. The second kappa shape index (κ2) is 5.76. The molecule has 2 aromatic rings. The number of aromatic nitrogens is 1. The number of rotatable bonds is 4. The van der Waals surface area contributed by atoms with E-state index in [-0.39, 0.29) is 5.78 Å². The molecular formula is C15H11N3O2. The molecule has 5 heteroatoms. The fourth-order valence-corrected chi connectivity index (χ4v) is 1.77. The van der Waals surface area contributed by atoms with Crippen molar-refractivity contribution in [3.05, 3.63) is 65.5 Å². The monoisotopic (exact) mass is 265 g/mol. The van der Waals surface area contributed by atoms with Crippen molar-refractivity contribution in [3.8, 4) is 6.07 Å². The molecule has 0 radical (unpaired) electrons. The van der Waals surface area contributed by atoms with Gasteiger partial charge in [0.25, 0.3) is 0 Å². The maximum Gasteiger partial charge on any atom is 0.248 e. The maximum atomic E-state index is 12.3. The molecule has 1 aromatic carbocycles. The number of benzene rings is 1. The Morgan fingerprint density at radius 1 is 1.10 bits per heavy atom. The minimum atomic E-state index is -0.962. The number of carbonyl (C=O) groups excluding carboxylic acids is 2. The number of hydrogen-bond acceptors (Lipinski definition) is 4. The number of pyridine rings is 1. The number of carbonyl (C=O) groups is 2. The Morgan fingerprint density at radius 2 is 1.75 bits per heavy atom. The summed E-state index contributed by atoms with van der Waals surface area (Å²) in [5.41, 5.74) is 6.19. The van der Waals surface area contributed by atoms with Crippen LogP contribution in [0.25, 0.3) is 0 Å². The minimum absolute atomic E-state index is 0.313. The molecular weight excluding hydrogens is 254 g/mol. The van der Waals surface area contributed by atoms with Crippen molar-refractivity contribution in [2.45, 2.75) is 5.92 Å². The van der Waals surface area contributed by atoms with E-state index in [1.807, 2.05) is 6.07 Å². The summed E-state index contributed by atoms with van der Waals surface area (Å²) < 4.78 is 0. The highest BCUT2D eigenvalue weighted by Gasteiger charge is 2.22. The van der Waals surface area contributed by atoms with Crippen LogP contribution in [-0.2, 0) is 0 Å². The van der Waals surface area contributed by atoms with Gasteiger partial charge in [-0.25, -0.2) is 0 Å². The Labute approximate surface area is 115 Å². The smallest absolute Gasteiger partial charge is 0.248 e. The van der Waals surface area contributed by atoms with E-state index < -0.39 is 11.8 Å². The summed E-state index contributed by atoms with van der Waals surface area (Å²) in [7, 11) is 0. The third kappa shape index (κ3) is 2.70. The molecule has 0 bridgehead atoms. The van der Waals surface area contributed by atoms with Crippen LogP contribution in [0, 0.1) is 11.3 Å². The number of nitrogens with two attached hydrogens (primary N) is 1. The molecule has 0 saturated carbocycles. The van der Waals surface area contributed by atoms with Crippen LogP contribution >= 0.6 is 0 Å². The van der Waals surface area contributed by atoms with Crippen LogP contribution in [0.15, 0.2) is 48.7 Å². The first-order valence-electron chi connectivity index (χ1n) is 5.88. The van der Waals surface area contributed by atoms with Gasteiger partial charge in [-0.3, -0.25) is 14.6 Å². The fourth-order valence-electron chi connectivity index (χ4n) is 1.77. The van der Waals surface area contributed by atoms with Gasteiger partial charge in [0.15, 0.2) is 11.7 Å². The summed E-state index contributed by atoms with van der Waals surface area (Å²) in [6.07, 6.45) is 1.53. The summed E-state index contributed by atoms with van der Waals surface area (Å²) in [6, 6.07) is 12.9. The molecule has 20 heavy (non-hydrogen) atoms. The molecule has 98 valence electrons. The van der Waals surface area contributed by atoms with Gasteiger partial charge in [-0.05, 0) is 24.3 Å². The molecule has 5 nitrogen and oxygen atoms in total. The van der Waals surface area contributed by atoms with Gasteiger partial charge in [-0.2, -0.15) is 5.26 Å². The van der Waals surface area contributed by atoms with E-state index in [4.69, 9.17) is 11.0 Å². The van der Waals surface area contributed by atoms with Crippen LogP contribution < -0.4 is 5.73 Å². The zero-order valence-electron chi connectivity index (χ0n) is 10.5. The molecule has 0 aliphatic rings. The van der Waals surface area contributed by atoms with E-state index in [2.05, 4.69) is 4.98 Å². The first-order chi connectivity index (χ1) is 9.63. The Kier molecular flexibility index (Phi) is 3.87. The van der Waals surface area contributed by atoms with Gasteiger partial charge in [-0.1, -0.05) is 18.2 Å². The standard InChI is InChI=1S/C15H11N3O2/c16-9-12(13-3-1-2-8-18-13)14(19)10-4-6-11(7-5-10)15(17)20/h1-8,12H,(H2,17,20)/t12-/m1/s1. The molecule has 2 rings (SSSR count). The molecule has 1 amide bonds. The van der Waals surface area contributed by atoms with Gasteiger partial charge in [0.05, 0.1) is 11.8 Å². The van der Waals surface area contributed by atoms with Crippen LogP contribution in [0.2, 0.25) is 0 Å². The molecule has 0 fully saturated rings. The van der Waals surface area contributed by atoms with Crippen molar-refractivity contribution in [2.75, 3.05) is 0 Å². The summed E-state index contributed by atoms with van der Waals surface area (Å²) in [5, 5.41) is 9.17. The first-order valence-corrected chi connectivity index (χ1v) is 5.88. The zero-order valence-corrected chi connectivity index (χ0v) is 10.5. The second-order valence-corrected chi connectivity index (χ2v) is 4.12. The molecule has 1 atom stereocenters. The minimum Gasteiger partial charge on any atom is -0.366 e. The molecule has 0 aliphatic carbocycles. The maximum absolute atomic E-state index is 12.3.